The van der Waals surface area contributed by atoms with Crippen molar-refractivity contribution in [2.45, 2.75) is 18.2 Å². The van der Waals surface area contributed by atoms with Crippen LogP contribution in [0.2, 0.25) is 0 Å². The van der Waals surface area contributed by atoms with Crippen molar-refractivity contribution in [3.8, 4) is 17.0 Å². The largest absolute Gasteiger partial charge is 0.494 e. The van der Waals surface area contributed by atoms with Gasteiger partial charge in [-0.15, -0.1) is 0 Å². The second-order valence-electron chi connectivity index (χ2n) is 7.62. The number of aromatic nitrogens is 2. The van der Waals surface area contributed by atoms with Crippen molar-refractivity contribution in [3.05, 3.63) is 60.0 Å². The van der Waals surface area contributed by atoms with Gasteiger partial charge < -0.3 is 15.0 Å². The molecule has 33 heavy (non-hydrogen) atoms. The fourth-order valence-electron chi connectivity index (χ4n) is 3.21. The van der Waals surface area contributed by atoms with E-state index >= 15 is 0 Å². The first-order chi connectivity index (χ1) is 15.7. The maximum Gasteiger partial charge on any atom is 0.240 e. The van der Waals surface area contributed by atoms with Gasteiger partial charge in [0.05, 0.1) is 17.7 Å². The number of aryl methyl sites for hydroxylation is 1. The molecule has 0 aliphatic carbocycles. The number of nitrogens with zero attached hydrogens (tertiary/aromatic N) is 3. The van der Waals surface area contributed by atoms with Gasteiger partial charge in [-0.05, 0) is 68.5 Å². The van der Waals surface area contributed by atoms with Crippen LogP contribution in [0.15, 0.2) is 53.6 Å². The number of benzene rings is 2. The molecule has 8 nitrogen and oxygen atoms in total. The third-order valence-electron chi connectivity index (χ3n) is 4.94. The summed E-state index contributed by atoms with van der Waals surface area (Å²) in [7, 11) is 1.55. The Morgan fingerprint density at radius 1 is 1.12 bits per heavy atom. The van der Waals surface area contributed by atoms with Crippen molar-refractivity contribution in [3.63, 3.8) is 0 Å². The Balaban J connectivity index is 1.81. The van der Waals surface area contributed by atoms with Crippen molar-refractivity contribution in [1.82, 2.24) is 19.6 Å². The molecule has 0 spiro atoms. The molecule has 0 aliphatic rings. The molecule has 0 fully saturated rings. The third kappa shape index (κ3) is 6.25. The molecular weight excluding hydrogens is 445 g/mol. The average Bonchev–Trinajstić information content (AvgIpc) is 2.78. The zero-order valence-electron chi connectivity index (χ0n) is 19.1. The van der Waals surface area contributed by atoms with Gasteiger partial charge in [0.15, 0.2) is 11.6 Å². The molecule has 0 radical (unpaired) electrons. The highest BCUT2D eigenvalue weighted by Gasteiger charge is 2.18. The van der Waals surface area contributed by atoms with Crippen LogP contribution < -0.4 is 14.8 Å². The Morgan fingerprint density at radius 3 is 2.58 bits per heavy atom. The number of likely N-dealkylation sites (N-methyl/N-ethyl adjacent to an activating group) is 1. The molecule has 3 aromatic rings. The number of nitrogens with one attached hydrogen (secondary N) is 2. The Hall–Kier alpha value is -3.08. The summed E-state index contributed by atoms with van der Waals surface area (Å²) in [6.45, 7) is 2.82. The first-order valence-electron chi connectivity index (χ1n) is 10.4. The molecule has 0 bridgehead atoms. The number of rotatable bonds is 10. The highest BCUT2D eigenvalue weighted by molar-refractivity contribution is 7.89. The molecule has 1 aromatic heterocycles. The summed E-state index contributed by atoms with van der Waals surface area (Å²) in [5, 5.41) is 3.10. The fourth-order valence-corrected chi connectivity index (χ4v) is 4.52. The first kappa shape index (κ1) is 24.6. The van der Waals surface area contributed by atoms with Crippen LogP contribution in [-0.4, -0.2) is 57.6 Å². The van der Waals surface area contributed by atoms with Gasteiger partial charge in [0, 0.05) is 30.5 Å². The van der Waals surface area contributed by atoms with E-state index in [-0.39, 0.29) is 10.6 Å². The number of sulfonamides is 1. The summed E-state index contributed by atoms with van der Waals surface area (Å²) in [6.07, 6.45) is 2.10. The van der Waals surface area contributed by atoms with Crippen molar-refractivity contribution in [2.75, 3.05) is 39.6 Å². The van der Waals surface area contributed by atoms with Crippen molar-refractivity contribution in [2.24, 2.45) is 0 Å². The van der Waals surface area contributed by atoms with Crippen molar-refractivity contribution < 1.29 is 17.5 Å². The van der Waals surface area contributed by atoms with Gasteiger partial charge in [-0.3, -0.25) is 0 Å². The molecule has 10 heteroatoms. The molecule has 176 valence electrons. The zero-order chi connectivity index (χ0) is 24.0. The predicted molar refractivity (Wildman–Crippen MR) is 127 cm³/mol. The lowest BCUT2D eigenvalue weighted by Gasteiger charge is -2.14. The maximum absolute atomic E-state index is 14.1. The van der Waals surface area contributed by atoms with Gasteiger partial charge in [-0.2, -0.15) is 0 Å². The Kier molecular flexibility index (Phi) is 7.96. The second-order valence-corrected chi connectivity index (χ2v) is 9.35. The SMILES string of the molecule is CCc1cc(Nc2nccc(-c3ccc(OC)c(F)c3)n2)ccc1S(=O)(=O)NCCN(C)C. The molecule has 0 unspecified atom stereocenters. The van der Waals surface area contributed by atoms with Crippen LogP contribution in [0.25, 0.3) is 11.3 Å². The molecular formula is C23H28FN5O3S. The smallest absolute Gasteiger partial charge is 0.240 e. The van der Waals surface area contributed by atoms with E-state index in [0.717, 1.165) is 0 Å². The molecule has 0 aliphatic heterocycles. The number of methoxy groups -OCH3 is 1. The zero-order valence-corrected chi connectivity index (χ0v) is 19.9. The van der Waals surface area contributed by atoms with Gasteiger partial charge in [-0.1, -0.05) is 6.92 Å². The van der Waals surface area contributed by atoms with Crippen LogP contribution >= 0.6 is 0 Å². The van der Waals surface area contributed by atoms with E-state index in [4.69, 9.17) is 4.74 Å². The summed E-state index contributed by atoms with van der Waals surface area (Å²) in [4.78, 5) is 10.8. The van der Waals surface area contributed by atoms with Crippen molar-refractivity contribution in [1.29, 1.82) is 0 Å². The normalized spacial score (nSPS) is 11.6. The van der Waals surface area contributed by atoms with Crippen molar-refractivity contribution >= 4 is 21.7 Å². The Bertz CT molecular complexity index is 1220. The lowest BCUT2D eigenvalue weighted by Crippen LogP contribution is -2.31. The quantitative estimate of drug-likeness (QED) is 0.466. The average molecular weight is 474 g/mol. The van der Waals surface area contributed by atoms with E-state index < -0.39 is 15.8 Å². The van der Waals surface area contributed by atoms with E-state index in [1.807, 2.05) is 25.9 Å². The third-order valence-corrected chi connectivity index (χ3v) is 6.50. The predicted octanol–water partition coefficient (Wildman–Crippen LogP) is 3.44. The number of ether oxygens (including phenoxy) is 1. The highest BCUT2D eigenvalue weighted by Crippen LogP contribution is 2.26. The summed E-state index contributed by atoms with van der Waals surface area (Å²) in [5.74, 6) is -0.0123. The molecule has 0 saturated carbocycles. The summed E-state index contributed by atoms with van der Waals surface area (Å²) in [5.41, 5.74) is 2.44. The van der Waals surface area contributed by atoms with Crippen LogP contribution in [0.4, 0.5) is 16.0 Å². The number of anilines is 2. The van der Waals surface area contributed by atoms with E-state index in [0.29, 0.717) is 48.0 Å². The summed E-state index contributed by atoms with van der Waals surface area (Å²) < 4.78 is 47.1. The van der Waals surface area contributed by atoms with Crippen LogP contribution in [0.3, 0.4) is 0 Å². The van der Waals surface area contributed by atoms with Gasteiger partial charge in [-0.25, -0.2) is 27.5 Å². The molecule has 0 atom stereocenters. The maximum atomic E-state index is 14.1. The van der Waals surface area contributed by atoms with E-state index in [1.165, 1.54) is 13.2 Å². The lowest BCUT2D eigenvalue weighted by molar-refractivity contribution is 0.386. The Morgan fingerprint density at radius 2 is 1.91 bits per heavy atom. The highest BCUT2D eigenvalue weighted by atomic mass is 32.2. The number of hydrogen-bond acceptors (Lipinski definition) is 7. The van der Waals surface area contributed by atoms with Gasteiger partial charge >= 0.3 is 0 Å². The van der Waals surface area contributed by atoms with Crippen LogP contribution in [0.1, 0.15) is 12.5 Å². The number of hydrogen-bond donors (Lipinski definition) is 2. The molecule has 3 rings (SSSR count). The van der Waals surface area contributed by atoms with E-state index in [1.54, 1.807) is 42.6 Å². The molecule has 0 saturated heterocycles. The van der Waals surface area contributed by atoms with Crippen LogP contribution in [0, 0.1) is 5.82 Å². The lowest BCUT2D eigenvalue weighted by atomic mass is 10.1. The molecule has 2 aromatic carbocycles. The minimum atomic E-state index is -3.62. The van der Waals surface area contributed by atoms with Crippen LogP contribution in [0.5, 0.6) is 5.75 Å². The Labute approximate surface area is 193 Å². The summed E-state index contributed by atoms with van der Waals surface area (Å²) in [6, 6.07) is 11.3. The summed E-state index contributed by atoms with van der Waals surface area (Å²) >= 11 is 0. The minimum Gasteiger partial charge on any atom is -0.494 e. The van der Waals surface area contributed by atoms with E-state index in [9.17, 15) is 12.8 Å². The first-order valence-corrected chi connectivity index (χ1v) is 11.9. The van der Waals surface area contributed by atoms with Gasteiger partial charge in [0.1, 0.15) is 0 Å². The molecule has 0 amide bonds. The standard InChI is InChI=1S/C23H28FN5O3S/c1-5-16-14-18(7-9-22(16)33(30,31)26-12-13-29(2)3)27-23-25-11-10-20(28-23)17-6-8-21(32-4)19(24)15-17/h6-11,14-15,26H,5,12-13H2,1-4H3,(H,25,27,28). The molecule has 2 N–H and O–H groups in total. The fraction of sp³-hybridized carbons (Fsp3) is 0.304. The van der Waals surface area contributed by atoms with Gasteiger partial charge in [0.25, 0.3) is 0 Å². The monoisotopic (exact) mass is 473 g/mol. The molecule has 1 heterocycles. The topological polar surface area (TPSA) is 96.5 Å². The minimum absolute atomic E-state index is 0.157. The number of halogens is 1. The van der Waals surface area contributed by atoms with E-state index in [2.05, 4.69) is 20.0 Å². The van der Waals surface area contributed by atoms with Crippen LogP contribution in [-0.2, 0) is 16.4 Å². The second kappa shape index (κ2) is 10.7. The van der Waals surface area contributed by atoms with Gasteiger partial charge in [0.2, 0.25) is 16.0 Å².